The van der Waals surface area contributed by atoms with Crippen LogP contribution >= 0.6 is 11.3 Å². The average Bonchev–Trinajstić information content (AvgIpc) is 2.71. The van der Waals surface area contributed by atoms with E-state index in [-0.39, 0.29) is 5.91 Å². The summed E-state index contributed by atoms with van der Waals surface area (Å²) in [4.78, 5) is 16.0. The van der Waals surface area contributed by atoms with Crippen LogP contribution in [0, 0.1) is 5.92 Å². The van der Waals surface area contributed by atoms with Crippen molar-refractivity contribution in [2.75, 3.05) is 13.1 Å². The van der Waals surface area contributed by atoms with Gasteiger partial charge in [0.1, 0.15) is 0 Å². The Morgan fingerprint density at radius 3 is 3.00 bits per heavy atom. The number of thiazole rings is 1. The van der Waals surface area contributed by atoms with Gasteiger partial charge in [-0.1, -0.05) is 13.8 Å². The zero-order valence-corrected chi connectivity index (χ0v) is 11.3. The van der Waals surface area contributed by atoms with Crippen LogP contribution in [0.25, 0.3) is 0 Å². The van der Waals surface area contributed by atoms with E-state index in [1.807, 2.05) is 5.38 Å². The highest BCUT2D eigenvalue weighted by molar-refractivity contribution is 7.09. The standard InChI is InChI=1S/C12H21N3OS/c1-9(2)7-14-11(16)6-10-8-17-12(15-10)4-3-5-13/h8-9H,3-7,13H2,1-2H3,(H,14,16). The van der Waals surface area contributed by atoms with Gasteiger partial charge in [0.15, 0.2) is 0 Å². The number of rotatable bonds is 7. The van der Waals surface area contributed by atoms with Crippen LogP contribution in [0.3, 0.4) is 0 Å². The van der Waals surface area contributed by atoms with Gasteiger partial charge in [0.05, 0.1) is 17.1 Å². The summed E-state index contributed by atoms with van der Waals surface area (Å²) < 4.78 is 0. The molecule has 4 nitrogen and oxygen atoms in total. The Morgan fingerprint density at radius 2 is 2.35 bits per heavy atom. The highest BCUT2D eigenvalue weighted by Crippen LogP contribution is 2.12. The van der Waals surface area contributed by atoms with Crippen molar-refractivity contribution in [3.8, 4) is 0 Å². The Bertz CT molecular complexity index is 349. The molecule has 0 unspecified atom stereocenters. The smallest absolute Gasteiger partial charge is 0.226 e. The quantitative estimate of drug-likeness (QED) is 0.773. The molecule has 3 N–H and O–H groups in total. The van der Waals surface area contributed by atoms with Crippen LogP contribution < -0.4 is 11.1 Å². The van der Waals surface area contributed by atoms with Crippen molar-refractivity contribution in [2.45, 2.75) is 33.1 Å². The second-order valence-electron chi connectivity index (χ2n) is 4.50. The van der Waals surface area contributed by atoms with Gasteiger partial charge in [0.25, 0.3) is 0 Å². The van der Waals surface area contributed by atoms with E-state index in [1.165, 1.54) is 0 Å². The maximum absolute atomic E-state index is 11.6. The van der Waals surface area contributed by atoms with Crippen LogP contribution in [0.1, 0.15) is 31.0 Å². The van der Waals surface area contributed by atoms with Gasteiger partial charge in [0.2, 0.25) is 5.91 Å². The Balaban J connectivity index is 2.35. The summed E-state index contributed by atoms with van der Waals surface area (Å²) in [6, 6.07) is 0. The van der Waals surface area contributed by atoms with Gasteiger partial charge in [-0.2, -0.15) is 0 Å². The minimum Gasteiger partial charge on any atom is -0.356 e. The first-order valence-electron chi connectivity index (χ1n) is 6.02. The Morgan fingerprint density at radius 1 is 1.59 bits per heavy atom. The van der Waals surface area contributed by atoms with Crippen molar-refractivity contribution in [3.05, 3.63) is 16.1 Å². The summed E-state index contributed by atoms with van der Waals surface area (Å²) >= 11 is 1.61. The predicted octanol–water partition coefficient (Wildman–Crippen LogP) is 1.35. The highest BCUT2D eigenvalue weighted by Gasteiger charge is 2.07. The largest absolute Gasteiger partial charge is 0.356 e. The predicted molar refractivity (Wildman–Crippen MR) is 71.0 cm³/mol. The minimum absolute atomic E-state index is 0.0503. The molecule has 0 fully saturated rings. The van der Waals surface area contributed by atoms with Crippen molar-refractivity contribution in [1.29, 1.82) is 0 Å². The normalized spacial score (nSPS) is 10.8. The van der Waals surface area contributed by atoms with E-state index in [0.717, 1.165) is 30.1 Å². The van der Waals surface area contributed by atoms with Crippen LogP contribution in [0.5, 0.6) is 0 Å². The number of nitrogens with two attached hydrogens (primary N) is 1. The van der Waals surface area contributed by atoms with Crippen molar-refractivity contribution >= 4 is 17.2 Å². The number of aryl methyl sites for hydroxylation is 1. The number of hydrogen-bond acceptors (Lipinski definition) is 4. The summed E-state index contributed by atoms with van der Waals surface area (Å²) in [5, 5.41) is 5.92. The van der Waals surface area contributed by atoms with E-state index in [2.05, 4.69) is 24.1 Å². The molecule has 1 aromatic heterocycles. The lowest BCUT2D eigenvalue weighted by molar-refractivity contribution is -0.120. The third kappa shape index (κ3) is 5.79. The molecule has 0 saturated carbocycles. The van der Waals surface area contributed by atoms with Gasteiger partial charge < -0.3 is 11.1 Å². The van der Waals surface area contributed by atoms with Crippen molar-refractivity contribution in [2.24, 2.45) is 11.7 Å². The monoisotopic (exact) mass is 255 g/mol. The van der Waals surface area contributed by atoms with E-state index in [1.54, 1.807) is 11.3 Å². The molecule has 0 aliphatic heterocycles. The number of aromatic nitrogens is 1. The fraction of sp³-hybridized carbons (Fsp3) is 0.667. The number of nitrogens with zero attached hydrogens (tertiary/aromatic N) is 1. The molecular formula is C12H21N3OS. The molecule has 0 aromatic carbocycles. The first-order valence-corrected chi connectivity index (χ1v) is 6.89. The molecule has 17 heavy (non-hydrogen) atoms. The van der Waals surface area contributed by atoms with Crippen molar-refractivity contribution in [3.63, 3.8) is 0 Å². The molecule has 0 atom stereocenters. The number of hydrogen-bond donors (Lipinski definition) is 2. The fourth-order valence-corrected chi connectivity index (χ4v) is 2.18. The number of carbonyl (C=O) groups excluding carboxylic acids is 1. The summed E-state index contributed by atoms with van der Waals surface area (Å²) in [5.41, 5.74) is 6.31. The van der Waals surface area contributed by atoms with Gasteiger partial charge in [0, 0.05) is 18.3 Å². The lowest BCUT2D eigenvalue weighted by Gasteiger charge is -2.06. The van der Waals surface area contributed by atoms with Crippen LogP contribution in [-0.2, 0) is 17.6 Å². The zero-order chi connectivity index (χ0) is 12.7. The van der Waals surface area contributed by atoms with E-state index < -0.39 is 0 Å². The SMILES string of the molecule is CC(C)CNC(=O)Cc1csc(CCCN)n1. The van der Waals surface area contributed by atoms with Crippen LogP contribution in [-0.4, -0.2) is 24.0 Å². The van der Waals surface area contributed by atoms with Crippen LogP contribution in [0.4, 0.5) is 0 Å². The minimum atomic E-state index is 0.0503. The van der Waals surface area contributed by atoms with Gasteiger partial charge in [-0.15, -0.1) is 11.3 Å². The van der Waals surface area contributed by atoms with Crippen LogP contribution in [0.15, 0.2) is 5.38 Å². The molecule has 0 aliphatic rings. The number of carbonyl (C=O) groups is 1. The first-order chi connectivity index (χ1) is 8.11. The highest BCUT2D eigenvalue weighted by atomic mass is 32.1. The maximum atomic E-state index is 11.6. The molecule has 1 amide bonds. The van der Waals surface area contributed by atoms with E-state index in [4.69, 9.17) is 5.73 Å². The summed E-state index contributed by atoms with van der Waals surface area (Å²) in [7, 11) is 0. The van der Waals surface area contributed by atoms with E-state index in [9.17, 15) is 4.79 Å². The molecule has 0 saturated heterocycles. The topological polar surface area (TPSA) is 68.0 Å². The molecule has 1 heterocycles. The molecule has 0 aliphatic carbocycles. The number of amides is 1. The molecule has 0 spiro atoms. The lowest BCUT2D eigenvalue weighted by Crippen LogP contribution is -2.28. The maximum Gasteiger partial charge on any atom is 0.226 e. The lowest BCUT2D eigenvalue weighted by atomic mass is 10.2. The Kier molecular flexibility index (Phi) is 6.15. The zero-order valence-electron chi connectivity index (χ0n) is 10.5. The van der Waals surface area contributed by atoms with E-state index in [0.29, 0.717) is 18.9 Å². The third-order valence-electron chi connectivity index (χ3n) is 2.24. The molecular weight excluding hydrogens is 234 g/mol. The van der Waals surface area contributed by atoms with E-state index >= 15 is 0 Å². The fourth-order valence-electron chi connectivity index (χ4n) is 1.34. The van der Waals surface area contributed by atoms with Gasteiger partial charge in [-0.3, -0.25) is 4.79 Å². The Hall–Kier alpha value is -0.940. The molecule has 5 heteroatoms. The molecule has 1 aromatic rings. The molecule has 96 valence electrons. The Labute approximate surface area is 107 Å². The number of nitrogens with one attached hydrogen (secondary N) is 1. The second kappa shape index (κ2) is 7.40. The molecule has 0 radical (unpaired) electrons. The van der Waals surface area contributed by atoms with Crippen molar-refractivity contribution in [1.82, 2.24) is 10.3 Å². The van der Waals surface area contributed by atoms with Crippen LogP contribution in [0.2, 0.25) is 0 Å². The molecule has 0 bridgehead atoms. The van der Waals surface area contributed by atoms with Gasteiger partial charge >= 0.3 is 0 Å². The van der Waals surface area contributed by atoms with Gasteiger partial charge in [-0.25, -0.2) is 4.98 Å². The van der Waals surface area contributed by atoms with Gasteiger partial charge in [-0.05, 0) is 18.9 Å². The first kappa shape index (κ1) is 14.1. The molecule has 1 rings (SSSR count). The summed E-state index contributed by atoms with van der Waals surface area (Å²) in [5.74, 6) is 0.531. The summed E-state index contributed by atoms with van der Waals surface area (Å²) in [6.07, 6.45) is 2.24. The second-order valence-corrected chi connectivity index (χ2v) is 5.44. The third-order valence-corrected chi connectivity index (χ3v) is 3.20. The summed E-state index contributed by atoms with van der Waals surface area (Å²) in [6.45, 7) is 5.56. The van der Waals surface area contributed by atoms with Crippen molar-refractivity contribution < 1.29 is 4.79 Å². The average molecular weight is 255 g/mol.